The molecule has 6 unspecified atom stereocenters. The molecule has 37 heavy (non-hydrogen) atoms. The van der Waals surface area contributed by atoms with Crippen LogP contribution in [0.4, 0.5) is 0 Å². The Bertz CT molecular complexity index is 733. The van der Waals surface area contributed by atoms with Gasteiger partial charge in [-0.05, 0) is 23.7 Å². The van der Waals surface area contributed by atoms with E-state index < -0.39 is 16.1 Å². The summed E-state index contributed by atoms with van der Waals surface area (Å²) in [5, 5.41) is 0. The van der Waals surface area contributed by atoms with Gasteiger partial charge in [-0.3, -0.25) is 0 Å². The molecule has 0 aromatic carbocycles. The number of hydrogen-bond acceptors (Lipinski definition) is 0. The topological polar surface area (TPSA) is 0 Å². The van der Waals surface area contributed by atoms with Crippen LogP contribution in [-0.4, -0.2) is 16.1 Å². The summed E-state index contributed by atoms with van der Waals surface area (Å²) in [6, 6.07) is 9.77. The average Bonchev–Trinajstić information content (AvgIpc) is 3.44. The molecule has 2 saturated heterocycles. The van der Waals surface area contributed by atoms with E-state index in [0.717, 1.165) is 34.8 Å². The van der Waals surface area contributed by atoms with E-state index in [0.29, 0.717) is 0 Å². The normalized spacial score (nSPS) is 34.8. The van der Waals surface area contributed by atoms with E-state index >= 15 is 0 Å². The van der Waals surface area contributed by atoms with E-state index in [-0.39, 0.29) is 51.0 Å². The smallest absolute Gasteiger partial charge is 1.00 e. The van der Waals surface area contributed by atoms with Crippen molar-refractivity contribution in [2.24, 2.45) is 23.7 Å². The van der Waals surface area contributed by atoms with E-state index in [4.69, 9.17) is 0 Å². The minimum Gasteiger partial charge on any atom is -1.00 e. The van der Waals surface area contributed by atoms with Crippen LogP contribution >= 0.6 is 0 Å². The molecule has 0 nitrogen and oxygen atoms in total. The van der Waals surface area contributed by atoms with Gasteiger partial charge in [0.15, 0.2) is 0 Å². The molecule has 0 amide bonds. The van der Waals surface area contributed by atoms with Crippen molar-refractivity contribution in [3.8, 4) is 0 Å². The quantitative estimate of drug-likeness (QED) is 0.275. The molecule has 4 aliphatic carbocycles. The molecule has 2 heterocycles. The van der Waals surface area contributed by atoms with Crippen molar-refractivity contribution in [1.29, 1.82) is 0 Å². The fourth-order valence-electron chi connectivity index (χ4n) is 8.64. The molecule has 204 valence electrons. The second-order valence-corrected chi connectivity index (χ2v) is 22.4. The van der Waals surface area contributed by atoms with Crippen LogP contribution in [0.3, 0.4) is 0 Å². The van der Waals surface area contributed by atoms with E-state index in [1.54, 1.807) is 36.3 Å². The van der Waals surface area contributed by atoms with Crippen molar-refractivity contribution in [1.82, 2.24) is 0 Å². The van der Waals surface area contributed by atoms with Gasteiger partial charge in [0.2, 0.25) is 0 Å². The molecule has 0 N–H and O–H groups in total. The Kier molecular flexibility index (Phi) is 14.5. The first-order valence-corrected chi connectivity index (χ1v) is 20.5. The molecule has 2 saturated carbocycles. The van der Waals surface area contributed by atoms with Crippen molar-refractivity contribution in [3.05, 3.63) is 61.4 Å². The second-order valence-electron chi connectivity index (χ2n) is 12.7. The first-order valence-electron chi connectivity index (χ1n) is 15.1. The molecule has 0 aromatic heterocycles. The van der Waals surface area contributed by atoms with Gasteiger partial charge in [0.1, 0.15) is 0 Å². The molecule has 4 fully saturated rings. The third-order valence-electron chi connectivity index (χ3n) is 10.9. The maximum atomic E-state index is 2.73. The summed E-state index contributed by atoms with van der Waals surface area (Å²) in [5.41, 5.74) is 2.04. The van der Waals surface area contributed by atoms with Crippen LogP contribution in [0.25, 0.3) is 0 Å². The van der Waals surface area contributed by atoms with E-state index in [1.807, 2.05) is 0 Å². The molecule has 0 radical (unpaired) electrons. The van der Waals surface area contributed by atoms with Gasteiger partial charge in [-0.1, -0.05) is 137 Å². The van der Waals surface area contributed by atoms with Crippen LogP contribution in [-0.2, 0) is 26.2 Å². The minimum absolute atomic E-state index is 0. The van der Waals surface area contributed by atoms with Gasteiger partial charge in [-0.25, -0.2) is 0 Å². The van der Waals surface area contributed by atoms with E-state index in [1.165, 1.54) is 51.4 Å². The molecule has 5 heteroatoms. The molecule has 0 aromatic rings. The fourth-order valence-corrected chi connectivity index (χ4v) is 19.9. The summed E-state index contributed by atoms with van der Waals surface area (Å²) >= 11 is 0. The Hall–Kier alpha value is 0.857. The summed E-state index contributed by atoms with van der Waals surface area (Å²) in [7, 11) is -1.76. The van der Waals surface area contributed by atoms with Crippen LogP contribution in [0.1, 0.15) is 65.2 Å². The molecule has 6 aliphatic rings. The van der Waals surface area contributed by atoms with Gasteiger partial charge >= 0.3 is 26.2 Å². The Labute approximate surface area is 263 Å². The SMILES string of the molecule is CCCC[Si]1(C2[CH-]CC3C=CC=CC32)CCC1.CCCC[Si]1(C2[CH-]CC3C=CC=CC32)CCC1.[Cl-].[Cl-].[Zr+4]. The summed E-state index contributed by atoms with van der Waals surface area (Å²) in [4.78, 5) is 0. The number of allylic oxidation sites excluding steroid dienone is 8. The predicted octanol–water partition coefficient (Wildman–Crippen LogP) is 3.96. The Morgan fingerprint density at radius 1 is 0.622 bits per heavy atom. The van der Waals surface area contributed by atoms with Crippen LogP contribution < -0.4 is 24.8 Å². The fraction of sp³-hybridized carbons (Fsp3) is 0.688. The first kappa shape index (κ1) is 34.1. The van der Waals surface area contributed by atoms with Gasteiger partial charge < -0.3 is 37.7 Å². The van der Waals surface area contributed by atoms with E-state index in [9.17, 15) is 0 Å². The van der Waals surface area contributed by atoms with Crippen LogP contribution in [0.5, 0.6) is 0 Å². The van der Waals surface area contributed by atoms with Crippen LogP contribution in [0.2, 0.25) is 47.3 Å². The summed E-state index contributed by atoms with van der Waals surface area (Å²) in [5.74, 6) is 3.50. The van der Waals surface area contributed by atoms with Crippen molar-refractivity contribution in [2.75, 3.05) is 0 Å². The molecule has 6 rings (SSSR count). The zero-order chi connectivity index (χ0) is 23.4. The van der Waals surface area contributed by atoms with E-state index in [2.05, 4.69) is 75.3 Å². The largest absolute Gasteiger partial charge is 4.00 e. The molecular weight excluding hydrogens is 603 g/mol. The maximum Gasteiger partial charge on any atom is 4.00 e. The van der Waals surface area contributed by atoms with Gasteiger partial charge in [-0.2, -0.15) is 23.9 Å². The van der Waals surface area contributed by atoms with Gasteiger partial charge in [-0.15, -0.1) is 0 Å². The van der Waals surface area contributed by atoms with Gasteiger partial charge in [0.25, 0.3) is 0 Å². The second kappa shape index (κ2) is 15.7. The van der Waals surface area contributed by atoms with Gasteiger partial charge in [0.05, 0.1) is 0 Å². The first-order chi connectivity index (χ1) is 16.7. The van der Waals surface area contributed by atoms with Crippen molar-refractivity contribution < 1.29 is 51.0 Å². The predicted molar refractivity (Wildman–Crippen MR) is 155 cm³/mol. The van der Waals surface area contributed by atoms with Crippen LogP contribution in [0, 0.1) is 36.5 Å². The third-order valence-corrected chi connectivity index (χ3v) is 23.1. The Morgan fingerprint density at radius 2 is 1.00 bits per heavy atom. The molecule has 0 bridgehead atoms. The molecule has 0 spiro atoms. The van der Waals surface area contributed by atoms with Crippen molar-refractivity contribution in [2.45, 2.75) is 113 Å². The van der Waals surface area contributed by atoms with Crippen molar-refractivity contribution >= 4 is 16.1 Å². The summed E-state index contributed by atoms with van der Waals surface area (Å²) in [6.45, 7) is 4.70. The molecule has 2 aliphatic heterocycles. The Balaban J connectivity index is 0.000000241. The number of fused-ring (bicyclic) bond motifs is 2. The number of unbranched alkanes of at least 4 members (excludes halogenated alkanes) is 2. The molecule has 6 atom stereocenters. The van der Waals surface area contributed by atoms with Crippen LogP contribution in [0.15, 0.2) is 48.6 Å². The number of hydrogen-bond donors (Lipinski definition) is 0. The zero-order valence-electron chi connectivity index (χ0n) is 23.4. The standard InChI is InChI=1S/2C16H25Si.2ClH.Zr/c2*1-2-3-11-17(12-6-13-17)16-10-9-14-7-4-5-8-15(14)16;;;/h2*4-5,7-8,10,14-16H,2-3,6,9,11-13H2,1H3;2*1H;/q2*-1;;;+4/p-2. The molecular formula is C32H50Cl2Si2Zr. The average molecular weight is 653 g/mol. The number of rotatable bonds is 8. The van der Waals surface area contributed by atoms with Crippen molar-refractivity contribution in [3.63, 3.8) is 0 Å². The minimum atomic E-state index is -0.880. The summed E-state index contributed by atoms with van der Waals surface area (Å²) < 4.78 is 0. The maximum absolute atomic E-state index is 2.73. The zero-order valence-corrected chi connectivity index (χ0v) is 29.4. The number of halogens is 2. The third kappa shape index (κ3) is 7.20. The monoisotopic (exact) mass is 650 g/mol. The Morgan fingerprint density at radius 3 is 1.32 bits per heavy atom. The van der Waals surface area contributed by atoms with Gasteiger partial charge in [0, 0.05) is 16.1 Å². The summed E-state index contributed by atoms with van der Waals surface area (Å²) in [6.07, 6.45) is 36.1.